The quantitative estimate of drug-likeness (QED) is 0.578. The van der Waals surface area contributed by atoms with Gasteiger partial charge in [0.1, 0.15) is 12.3 Å². The molecule has 0 aromatic heterocycles. The lowest BCUT2D eigenvalue weighted by molar-refractivity contribution is -0.111. The monoisotopic (exact) mass is 221 g/mol. The Labute approximate surface area is 94.8 Å². The van der Waals surface area contributed by atoms with Gasteiger partial charge in [-0.3, -0.25) is 0 Å². The van der Waals surface area contributed by atoms with Crippen molar-refractivity contribution in [3.63, 3.8) is 0 Å². The van der Waals surface area contributed by atoms with Crippen LogP contribution in [0.2, 0.25) is 0 Å². The Morgan fingerprint density at radius 3 is 2.87 bits per heavy atom. The number of hydrogen-bond acceptors (Lipinski definition) is 3. The maximum Gasteiger partial charge on any atom is 0.142 e. The minimum atomic E-state index is -0.0615. The van der Waals surface area contributed by atoms with Gasteiger partial charge in [0.15, 0.2) is 0 Å². The smallest absolute Gasteiger partial charge is 0.142 e. The summed E-state index contributed by atoms with van der Waals surface area (Å²) in [5, 5.41) is 0. The molecule has 0 radical (unpaired) electrons. The normalized spacial score (nSPS) is 20.6. The number of hydrogen-bond donors (Lipinski definition) is 0. The molecule has 2 rings (SSSR count). The predicted octanol–water partition coefficient (Wildman–Crippen LogP) is 2.91. The molecule has 0 saturated heterocycles. The van der Waals surface area contributed by atoms with Crippen LogP contribution >= 0.6 is 11.9 Å². The first kappa shape index (κ1) is 10.7. The minimum absolute atomic E-state index is 0.0615. The Kier molecular flexibility index (Phi) is 3.12. The second kappa shape index (κ2) is 4.37. The van der Waals surface area contributed by atoms with Gasteiger partial charge in [-0.1, -0.05) is 32.0 Å². The molecule has 0 bridgehead atoms. The number of carbonyl (C=O) groups is 1. The molecule has 1 aromatic carbocycles. The predicted molar refractivity (Wildman–Crippen MR) is 62.6 cm³/mol. The summed E-state index contributed by atoms with van der Waals surface area (Å²) in [5.41, 5.74) is 1.15. The zero-order chi connectivity index (χ0) is 10.8. The number of carbonyl (C=O) groups excluding carboxylic acids is 1. The lowest BCUT2D eigenvalue weighted by Gasteiger charge is -2.20. The van der Waals surface area contributed by atoms with Crippen molar-refractivity contribution in [2.45, 2.75) is 24.8 Å². The van der Waals surface area contributed by atoms with Gasteiger partial charge in [-0.05, 0) is 29.5 Å². The van der Waals surface area contributed by atoms with Crippen LogP contribution in [-0.2, 0) is 4.79 Å². The summed E-state index contributed by atoms with van der Waals surface area (Å²) >= 11 is 1.70. The standard InChI is InChI=1S/C12H15NOS/c1-9(2)7-13-11(8-14)10-5-3-4-6-12(10)15-13/h3-6,8-9,11H,7H2,1-2H3. The largest absolute Gasteiger partial charge is 0.301 e. The fourth-order valence-corrected chi connectivity index (χ4v) is 3.13. The summed E-state index contributed by atoms with van der Waals surface area (Å²) in [7, 11) is 0. The fourth-order valence-electron chi connectivity index (χ4n) is 1.80. The summed E-state index contributed by atoms with van der Waals surface area (Å²) in [5.74, 6) is 0.578. The van der Waals surface area contributed by atoms with Crippen LogP contribution in [0, 0.1) is 5.92 Å². The average molecular weight is 221 g/mol. The first-order valence-electron chi connectivity index (χ1n) is 5.21. The fraction of sp³-hybridized carbons (Fsp3) is 0.417. The van der Waals surface area contributed by atoms with Crippen LogP contribution < -0.4 is 0 Å². The molecule has 1 aliphatic rings. The average Bonchev–Trinajstić information content (AvgIpc) is 2.53. The molecule has 0 N–H and O–H groups in total. The van der Waals surface area contributed by atoms with Gasteiger partial charge in [-0.2, -0.15) is 0 Å². The highest BCUT2D eigenvalue weighted by Crippen LogP contribution is 2.43. The minimum Gasteiger partial charge on any atom is -0.301 e. The van der Waals surface area contributed by atoms with E-state index in [1.54, 1.807) is 11.9 Å². The van der Waals surface area contributed by atoms with Crippen LogP contribution in [0.25, 0.3) is 0 Å². The topological polar surface area (TPSA) is 20.3 Å². The van der Waals surface area contributed by atoms with Gasteiger partial charge >= 0.3 is 0 Å². The Bertz CT molecular complexity index is 364. The van der Waals surface area contributed by atoms with E-state index in [1.807, 2.05) is 18.2 Å². The van der Waals surface area contributed by atoms with Crippen LogP contribution in [0.15, 0.2) is 29.2 Å². The van der Waals surface area contributed by atoms with E-state index in [0.29, 0.717) is 5.92 Å². The second-order valence-electron chi connectivity index (χ2n) is 4.20. The van der Waals surface area contributed by atoms with E-state index in [-0.39, 0.29) is 6.04 Å². The number of rotatable bonds is 3. The molecule has 15 heavy (non-hydrogen) atoms. The third-order valence-corrected chi connectivity index (χ3v) is 3.62. The summed E-state index contributed by atoms with van der Waals surface area (Å²) in [6.07, 6.45) is 1.04. The molecule has 1 unspecified atom stereocenters. The molecule has 0 fully saturated rings. The van der Waals surface area contributed by atoms with Crippen molar-refractivity contribution in [1.82, 2.24) is 4.31 Å². The van der Waals surface area contributed by atoms with Gasteiger partial charge in [-0.15, -0.1) is 0 Å². The number of benzene rings is 1. The first-order chi connectivity index (χ1) is 7.22. The molecule has 1 aromatic rings. The molecule has 0 spiro atoms. The highest BCUT2D eigenvalue weighted by atomic mass is 32.2. The summed E-state index contributed by atoms with van der Waals surface area (Å²) in [6.45, 7) is 5.29. The van der Waals surface area contributed by atoms with Crippen molar-refractivity contribution < 1.29 is 4.79 Å². The van der Waals surface area contributed by atoms with Gasteiger partial charge in [0, 0.05) is 11.4 Å². The molecular formula is C12H15NOS. The molecule has 0 saturated carbocycles. The van der Waals surface area contributed by atoms with E-state index < -0.39 is 0 Å². The molecular weight excluding hydrogens is 206 g/mol. The van der Waals surface area contributed by atoms with E-state index in [2.05, 4.69) is 24.2 Å². The van der Waals surface area contributed by atoms with E-state index in [1.165, 1.54) is 4.90 Å². The maximum absolute atomic E-state index is 11.1. The number of aldehydes is 1. The van der Waals surface area contributed by atoms with Crippen molar-refractivity contribution in [2.75, 3.05) is 6.54 Å². The Morgan fingerprint density at radius 2 is 2.20 bits per heavy atom. The third kappa shape index (κ3) is 2.08. The Hall–Kier alpha value is -0.800. The van der Waals surface area contributed by atoms with Crippen molar-refractivity contribution in [2.24, 2.45) is 5.92 Å². The lowest BCUT2D eigenvalue weighted by atomic mass is 10.1. The number of fused-ring (bicyclic) bond motifs is 1. The molecule has 3 heteroatoms. The third-order valence-electron chi connectivity index (χ3n) is 2.44. The summed E-state index contributed by atoms with van der Waals surface area (Å²) < 4.78 is 2.17. The van der Waals surface area contributed by atoms with Crippen molar-refractivity contribution in [1.29, 1.82) is 0 Å². The van der Waals surface area contributed by atoms with Crippen LogP contribution in [0.3, 0.4) is 0 Å². The van der Waals surface area contributed by atoms with E-state index in [4.69, 9.17) is 0 Å². The maximum atomic E-state index is 11.1. The highest BCUT2D eigenvalue weighted by Gasteiger charge is 2.30. The van der Waals surface area contributed by atoms with Crippen molar-refractivity contribution >= 4 is 18.2 Å². The van der Waals surface area contributed by atoms with Crippen LogP contribution in [0.4, 0.5) is 0 Å². The molecule has 80 valence electrons. The van der Waals surface area contributed by atoms with Crippen molar-refractivity contribution in [3.05, 3.63) is 29.8 Å². The Balaban J connectivity index is 2.24. The van der Waals surface area contributed by atoms with Crippen LogP contribution in [-0.4, -0.2) is 17.1 Å². The molecule has 2 nitrogen and oxygen atoms in total. The highest BCUT2D eigenvalue weighted by molar-refractivity contribution is 7.97. The van der Waals surface area contributed by atoms with Gasteiger partial charge in [0.05, 0.1) is 0 Å². The second-order valence-corrected chi connectivity index (χ2v) is 5.29. The van der Waals surface area contributed by atoms with Crippen LogP contribution in [0.1, 0.15) is 25.5 Å². The van der Waals surface area contributed by atoms with E-state index in [0.717, 1.165) is 18.4 Å². The summed E-state index contributed by atoms with van der Waals surface area (Å²) in [4.78, 5) is 12.3. The molecule has 1 aliphatic heterocycles. The van der Waals surface area contributed by atoms with E-state index >= 15 is 0 Å². The van der Waals surface area contributed by atoms with Gasteiger partial charge in [0.25, 0.3) is 0 Å². The lowest BCUT2D eigenvalue weighted by Crippen LogP contribution is -2.22. The molecule has 1 heterocycles. The summed E-state index contributed by atoms with van der Waals surface area (Å²) in [6, 6.07) is 8.08. The SMILES string of the molecule is CC(C)CN1Sc2ccccc2C1C=O. The van der Waals surface area contributed by atoms with Crippen molar-refractivity contribution in [3.8, 4) is 0 Å². The van der Waals surface area contributed by atoms with Crippen LogP contribution in [0.5, 0.6) is 0 Å². The van der Waals surface area contributed by atoms with Gasteiger partial charge < -0.3 is 4.79 Å². The number of nitrogens with zero attached hydrogens (tertiary/aromatic N) is 1. The first-order valence-corrected chi connectivity index (χ1v) is 5.98. The van der Waals surface area contributed by atoms with E-state index in [9.17, 15) is 4.79 Å². The Morgan fingerprint density at radius 1 is 1.47 bits per heavy atom. The van der Waals surface area contributed by atoms with Gasteiger partial charge in [-0.25, -0.2) is 4.31 Å². The molecule has 0 amide bonds. The molecule has 1 atom stereocenters. The molecule has 0 aliphatic carbocycles. The zero-order valence-electron chi connectivity index (χ0n) is 9.01. The van der Waals surface area contributed by atoms with Gasteiger partial charge in [0.2, 0.25) is 0 Å². The zero-order valence-corrected chi connectivity index (χ0v) is 9.83.